The highest BCUT2D eigenvalue weighted by atomic mass is 16.2. The quantitative estimate of drug-likeness (QED) is 0.742. The number of amides is 3. The van der Waals surface area contributed by atoms with Crippen molar-refractivity contribution in [3.8, 4) is 0 Å². The molecule has 0 aliphatic carbocycles. The summed E-state index contributed by atoms with van der Waals surface area (Å²) in [7, 11) is 0. The molecular formula is C22H28N4O2. The van der Waals surface area contributed by atoms with Crippen LogP contribution in [0.5, 0.6) is 0 Å². The lowest BCUT2D eigenvalue weighted by molar-refractivity contribution is -0.121. The highest BCUT2D eigenvalue weighted by Gasteiger charge is 2.21. The number of hydrogen-bond acceptors (Lipinski definition) is 4. The molecule has 28 heavy (non-hydrogen) atoms. The maximum atomic E-state index is 12.2. The van der Waals surface area contributed by atoms with Gasteiger partial charge in [0.1, 0.15) is 0 Å². The number of carbonyl (C=O) groups excluding carboxylic acids is 2. The molecule has 1 saturated heterocycles. The topological polar surface area (TPSA) is 73.5 Å². The van der Waals surface area contributed by atoms with Gasteiger partial charge in [-0.2, -0.15) is 0 Å². The number of piperidine rings is 1. The van der Waals surface area contributed by atoms with Gasteiger partial charge in [0.15, 0.2) is 0 Å². The Morgan fingerprint density at radius 2 is 1.68 bits per heavy atom. The molecule has 0 saturated carbocycles. The Morgan fingerprint density at radius 3 is 2.36 bits per heavy atom. The first-order valence-corrected chi connectivity index (χ1v) is 9.71. The summed E-state index contributed by atoms with van der Waals surface area (Å²) in [5, 5.41) is 8.66. The molecule has 1 heterocycles. The number of urea groups is 1. The summed E-state index contributed by atoms with van der Waals surface area (Å²) >= 11 is 0. The van der Waals surface area contributed by atoms with Crippen LogP contribution in [0.25, 0.3) is 0 Å². The Balaban J connectivity index is 1.39. The molecule has 3 amide bonds. The summed E-state index contributed by atoms with van der Waals surface area (Å²) in [5.74, 6) is -0.282. The van der Waals surface area contributed by atoms with Crippen molar-refractivity contribution in [1.82, 2.24) is 10.2 Å². The second kappa shape index (κ2) is 9.37. The number of nitrogens with one attached hydrogen (secondary N) is 3. The summed E-state index contributed by atoms with van der Waals surface area (Å²) in [6.07, 6.45) is 1.94. The minimum absolute atomic E-state index is 0.235. The van der Waals surface area contributed by atoms with E-state index in [1.165, 1.54) is 0 Å². The van der Waals surface area contributed by atoms with E-state index < -0.39 is 6.03 Å². The lowest BCUT2D eigenvalue weighted by Crippen LogP contribution is -2.46. The number of likely N-dealkylation sites (tertiary alicyclic amines) is 1. The van der Waals surface area contributed by atoms with Crippen molar-refractivity contribution in [3.63, 3.8) is 0 Å². The van der Waals surface area contributed by atoms with Crippen LogP contribution in [-0.4, -0.2) is 42.5 Å². The van der Waals surface area contributed by atoms with Crippen molar-refractivity contribution >= 4 is 23.3 Å². The van der Waals surface area contributed by atoms with E-state index in [-0.39, 0.29) is 12.5 Å². The van der Waals surface area contributed by atoms with Crippen molar-refractivity contribution in [3.05, 3.63) is 59.7 Å². The third-order valence-electron chi connectivity index (χ3n) is 5.12. The zero-order chi connectivity index (χ0) is 19.9. The van der Waals surface area contributed by atoms with Crippen LogP contribution in [0.15, 0.2) is 48.5 Å². The second-order valence-corrected chi connectivity index (χ2v) is 7.36. The molecule has 6 nitrogen and oxygen atoms in total. The van der Waals surface area contributed by atoms with E-state index in [0.717, 1.165) is 42.7 Å². The molecule has 2 aromatic rings. The van der Waals surface area contributed by atoms with Gasteiger partial charge in [-0.25, -0.2) is 4.79 Å². The van der Waals surface area contributed by atoms with Crippen LogP contribution in [-0.2, 0) is 4.79 Å². The van der Waals surface area contributed by atoms with E-state index in [1.807, 2.05) is 50.2 Å². The molecule has 0 aromatic heterocycles. The van der Waals surface area contributed by atoms with Gasteiger partial charge in [0.05, 0.1) is 6.54 Å². The number of anilines is 2. The van der Waals surface area contributed by atoms with Crippen LogP contribution >= 0.6 is 0 Å². The van der Waals surface area contributed by atoms with Crippen LogP contribution in [0.2, 0.25) is 0 Å². The molecule has 3 N–H and O–H groups in total. The summed E-state index contributed by atoms with van der Waals surface area (Å²) in [5.41, 5.74) is 4.06. The Hall–Kier alpha value is -2.86. The molecular weight excluding hydrogens is 352 g/mol. The fourth-order valence-corrected chi connectivity index (χ4v) is 3.36. The Labute approximate surface area is 166 Å². The van der Waals surface area contributed by atoms with E-state index in [2.05, 4.69) is 33.0 Å². The number of hydrogen-bond donors (Lipinski definition) is 3. The van der Waals surface area contributed by atoms with E-state index in [0.29, 0.717) is 11.7 Å². The molecule has 0 atom stereocenters. The molecule has 3 rings (SSSR count). The van der Waals surface area contributed by atoms with Gasteiger partial charge in [-0.1, -0.05) is 24.3 Å². The molecule has 0 bridgehead atoms. The van der Waals surface area contributed by atoms with Gasteiger partial charge >= 0.3 is 6.03 Å². The number of benzene rings is 2. The summed E-state index contributed by atoms with van der Waals surface area (Å²) in [6.45, 7) is 5.90. The van der Waals surface area contributed by atoms with Gasteiger partial charge in [-0.15, -0.1) is 0 Å². The Morgan fingerprint density at radius 1 is 0.964 bits per heavy atom. The van der Waals surface area contributed by atoms with E-state index >= 15 is 0 Å². The molecule has 1 aliphatic rings. The molecule has 1 fully saturated rings. The van der Waals surface area contributed by atoms with Crippen molar-refractivity contribution in [2.45, 2.75) is 32.7 Å². The second-order valence-electron chi connectivity index (χ2n) is 7.36. The van der Waals surface area contributed by atoms with Crippen LogP contribution in [0.1, 0.15) is 24.0 Å². The fourth-order valence-electron chi connectivity index (χ4n) is 3.36. The summed E-state index contributed by atoms with van der Waals surface area (Å²) < 4.78 is 0. The monoisotopic (exact) mass is 380 g/mol. The number of aryl methyl sites for hydroxylation is 2. The first-order chi connectivity index (χ1) is 13.5. The molecule has 0 unspecified atom stereocenters. The number of nitrogens with zero attached hydrogens (tertiary/aromatic N) is 1. The number of carbonyl (C=O) groups is 2. The van der Waals surface area contributed by atoms with Crippen molar-refractivity contribution in [2.75, 3.05) is 30.3 Å². The zero-order valence-electron chi connectivity index (χ0n) is 16.5. The van der Waals surface area contributed by atoms with Crippen molar-refractivity contribution in [2.24, 2.45) is 0 Å². The van der Waals surface area contributed by atoms with Gasteiger partial charge in [-0.05, 0) is 62.1 Å². The van der Waals surface area contributed by atoms with E-state index in [9.17, 15) is 9.59 Å². The maximum Gasteiger partial charge on any atom is 0.325 e. The van der Waals surface area contributed by atoms with Crippen LogP contribution in [0, 0.1) is 13.8 Å². The lowest BCUT2D eigenvalue weighted by atomic mass is 10.0. The van der Waals surface area contributed by atoms with Crippen LogP contribution in [0.4, 0.5) is 16.2 Å². The van der Waals surface area contributed by atoms with Gasteiger partial charge in [0, 0.05) is 30.5 Å². The maximum absolute atomic E-state index is 12.2. The summed E-state index contributed by atoms with van der Waals surface area (Å²) in [4.78, 5) is 26.3. The number of imide groups is 1. The number of para-hydroxylation sites is 1. The van der Waals surface area contributed by atoms with Crippen LogP contribution < -0.4 is 16.0 Å². The average molecular weight is 380 g/mol. The highest BCUT2D eigenvalue weighted by Crippen LogP contribution is 2.16. The van der Waals surface area contributed by atoms with Crippen LogP contribution in [0.3, 0.4) is 0 Å². The smallest absolute Gasteiger partial charge is 0.325 e. The summed E-state index contributed by atoms with van der Waals surface area (Å²) in [6, 6.07) is 15.8. The molecule has 1 aliphatic heterocycles. The SMILES string of the molecule is Cc1ccc(NC(=O)NC(=O)CN2CCC(Nc3ccccc3)CC2)cc1C. The Bertz CT molecular complexity index is 815. The normalized spacial score (nSPS) is 15.1. The minimum Gasteiger partial charge on any atom is -0.382 e. The van der Waals surface area contributed by atoms with Gasteiger partial charge < -0.3 is 10.6 Å². The average Bonchev–Trinajstić information content (AvgIpc) is 2.67. The standard InChI is InChI=1S/C22H28N4O2/c1-16-8-9-20(14-17(16)2)24-22(28)25-21(27)15-26-12-10-19(11-13-26)23-18-6-4-3-5-7-18/h3-9,14,19,23H,10-13,15H2,1-2H3,(H2,24,25,27,28). The zero-order valence-corrected chi connectivity index (χ0v) is 16.5. The van der Waals surface area contributed by atoms with Crippen molar-refractivity contribution in [1.29, 1.82) is 0 Å². The first kappa shape index (κ1) is 19.9. The van der Waals surface area contributed by atoms with Crippen molar-refractivity contribution < 1.29 is 9.59 Å². The lowest BCUT2D eigenvalue weighted by Gasteiger charge is -2.32. The molecule has 6 heteroatoms. The third kappa shape index (κ3) is 5.82. The number of rotatable bonds is 5. The molecule has 0 radical (unpaired) electrons. The van der Waals surface area contributed by atoms with E-state index in [4.69, 9.17) is 0 Å². The van der Waals surface area contributed by atoms with E-state index in [1.54, 1.807) is 0 Å². The predicted octanol–water partition coefficient (Wildman–Crippen LogP) is 3.53. The van der Waals surface area contributed by atoms with Gasteiger partial charge in [-0.3, -0.25) is 15.0 Å². The molecule has 0 spiro atoms. The highest BCUT2D eigenvalue weighted by molar-refractivity contribution is 6.01. The molecule has 2 aromatic carbocycles. The Kier molecular flexibility index (Phi) is 6.66. The molecule has 148 valence electrons. The van der Waals surface area contributed by atoms with Gasteiger partial charge in [0.25, 0.3) is 0 Å². The fraction of sp³-hybridized carbons (Fsp3) is 0.364. The van der Waals surface area contributed by atoms with Gasteiger partial charge in [0.2, 0.25) is 5.91 Å². The third-order valence-corrected chi connectivity index (χ3v) is 5.12. The first-order valence-electron chi connectivity index (χ1n) is 9.71. The minimum atomic E-state index is -0.492. The largest absolute Gasteiger partial charge is 0.382 e. The predicted molar refractivity (Wildman–Crippen MR) is 113 cm³/mol.